The van der Waals surface area contributed by atoms with E-state index in [4.69, 9.17) is 14.2 Å². The molecule has 0 heterocycles. The summed E-state index contributed by atoms with van der Waals surface area (Å²) in [6.07, 6.45) is 50.4. The van der Waals surface area contributed by atoms with Crippen molar-refractivity contribution in [2.45, 2.75) is 167 Å². The van der Waals surface area contributed by atoms with Crippen LogP contribution in [0, 0.1) is 0 Å². The van der Waals surface area contributed by atoms with E-state index >= 15 is 0 Å². The summed E-state index contributed by atoms with van der Waals surface area (Å²) in [6.45, 7) is 4.43. The molecule has 0 fully saturated rings. The molecule has 0 rings (SSSR count). The molecule has 0 N–H and O–H groups in total. The minimum Gasteiger partial charge on any atom is -0.544 e. The maximum Gasteiger partial charge on any atom is 0.306 e. The highest BCUT2D eigenvalue weighted by atomic mass is 16.6. The van der Waals surface area contributed by atoms with E-state index in [-0.39, 0.29) is 49.1 Å². The molecular formula is C49H81NO7. The molecule has 0 saturated heterocycles. The lowest BCUT2D eigenvalue weighted by atomic mass is 10.1. The second kappa shape index (κ2) is 39.3. The first-order valence-electron chi connectivity index (χ1n) is 22.2. The maximum atomic E-state index is 12.7. The normalized spacial score (nSPS) is 13.8. The predicted octanol–water partition coefficient (Wildman–Crippen LogP) is 10.8. The third kappa shape index (κ3) is 37.8. The van der Waals surface area contributed by atoms with Gasteiger partial charge in [0.15, 0.2) is 6.10 Å². The molecule has 2 atom stereocenters. The van der Waals surface area contributed by atoms with Crippen molar-refractivity contribution in [1.29, 1.82) is 0 Å². The van der Waals surface area contributed by atoms with Gasteiger partial charge in [0.05, 0.1) is 40.3 Å². The van der Waals surface area contributed by atoms with Crippen LogP contribution in [-0.2, 0) is 28.6 Å². The number of aliphatic carboxylic acids is 1. The Morgan fingerprint density at radius 1 is 0.544 bits per heavy atom. The lowest BCUT2D eigenvalue weighted by molar-refractivity contribution is -0.889. The van der Waals surface area contributed by atoms with Crippen LogP contribution in [0.5, 0.6) is 0 Å². The van der Waals surface area contributed by atoms with Gasteiger partial charge in [-0.2, -0.15) is 0 Å². The zero-order chi connectivity index (χ0) is 42.1. The first-order valence-corrected chi connectivity index (χ1v) is 22.2. The Morgan fingerprint density at radius 3 is 1.49 bits per heavy atom. The number of carboxylic acids is 1. The lowest BCUT2D eigenvalue weighted by Gasteiger charge is -2.34. The quantitative estimate of drug-likeness (QED) is 0.0265. The minimum absolute atomic E-state index is 0.0152. The number of allylic oxidation sites excluding steroid dienone is 14. The Kier molecular flexibility index (Phi) is 36.9. The summed E-state index contributed by atoms with van der Waals surface area (Å²) in [5, 5.41) is 11.6. The fraction of sp³-hybridized carbons (Fsp3) is 0.653. The van der Waals surface area contributed by atoms with Crippen LogP contribution in [0.4, 0.5) is 0 Å². The number of quaternary nitrogens is 1. The monoisotopic (exact) mass is 796 g/mol. The molecule has 8 nitrogen and oxygen atoms in total. The van der Waals surface area contributed by atoms with Crippen LogP contribution in [0.15, 0.2) is 85.1 Å². The average Bonchev–Trinajstić information content (AvgIpc) is 3.17. The summed E-state index contributed by atoms with van der Waals surface area (Å²) in [5.74, 6) is -1.82. The van der Waals surface area contributed by atoms with Gasteiger partial charge in [0, 0.05) is 19.3 Å². The van der Waals surface area contributed by atoms with Crippen LogP contribution >= 0.6 is 0 Å². The standard InChI is InChI=1S/C49H81NO7/c1-6-8-10-12-14-16-18-20-22-23-24-26-28-30-32-34-36-38-40-48(52)57-45(43-55-42-41-46(49(53)54)50(3,4)5)44-56-47(51)39-37-35-33-31-29-27-25-21-19-17-15-13-11-9-7-2/h9,11,13,15,17,19,21-27,29,45-46H,6-8,10,12,14,16,18,20,28,30-44H2,1-5H3/b11-9+,15-13+,19-17+,23-22+,25-21+,26-24+,29-27+. The van der Waals surface area contributed by atoms with Gasteiger partial charge < -0.3 is 28.6 Å². The number of nitrogens with zero attached hydrogens (tertiary/aromatic N) is 1. The molecule has 0 spiro atoms. The summed E-state index contributed by atoms with van der Waals surface area (Å²) in [4.78, 5) is 36.8. The fourth-order valence-corrected chi connectivity index (χ4v) is 5.96. The van der Waals surface area contributed by atoms with Crippen molar-refractivity contribution < 1.29 is 38.2 Å². The zero-order valence-electron chi connectivity index (χ0n) is 36.7. The van der Waals surface area contributed by atoms with Gasteiger partial charge in [-0.3, -0.25) is 9.59 Å². The second-order valence-electron chi connectivity index (χ2n) is 15.7. The number of carbonyl (C=O) groups excluding carboxylic acids is 3. The number of carboxylic acid groups (broad SMARTS) is 1. The van der Waals surface area contributed by atoms with Crippen molar-refractivity contribution in [3.63, 3.8) is 0 Å². The van der Waals surface area contributed by atoms with Gasteiger partial charge in [0.1, 0.15) is 12.6 Å². The highest BCUT2D eigenvalue weighted by Gasteiger charge is 2.25. The van der Waals surface area contributed by atoms with E-state index in [0.717, 1.165) is 70.6 Å². The number of ether oxygens (including phenoxy) is 3. The van der Waals surface area contributed by atoms with E-state index in [1.54, 1.807) is 21.1 Å². The van der Waals surface area contributed by atoms with E-state index in [0.29, 0.717) is 12.8 Å². The van der Waals surface area contributed by atoms with E-state index in [2.05, 4.69) is 50.3 Å². The Hall–Kier alpha value is -3.49. The van der Waals surface area contributed by atoms with Gasteiger partial charge in [-0.05, 0) is 57.8 Å². The minimum atomic E-state index is -1.14. The molecular weight excluding hydrogens is 715 g/mol. The van der Waals surface area contributed by atoms with Gasteiger partial charge in [0.25, 0.3) is 0 Å². The Balaban J connectivity index is 4.46. The van der Waals surface area contributed by atoms with Crippen LogP contribution in [0.1, 0.15) is 155 Å². The molecule has 2 unspecified atom stereocenters. The maximum absolute atomic E-state index is 12.7. The van der Waals surface area contributed by atoms with Crippen molar-refractivity contribution in [1.82, 2.24) is 0 Å². The van der Waals surface area contributed by atoms with Crippen molar-refractivity contribution in [2.75, 3.05) is 41.0 Å². The van der Waals surface area contributed by atoms with Crippen LogP contribution in [-0.4, -0.2) is 75.5 Å². The molecule has 0 aromatic rings. The first kappa shape index (κ1) is 53.5. The number of unbranched alkanes of at least 4 members (excludes halogenated alkanes) is 15. The summed E-state index contributed by atoms with van der Waals surface area (Å²) in [7, 11) is 5.38. The molecule has 324 valence electrons. The molecule has 0 saturated carbocycles. The summed E-state index contributed by atoms with van der Waals surface area (Å²) in [6, 6.07) is -0.740. The van der Waals surface area contributed by atoms with E-state index in [9.17, 15) is 19.5 Å². The van der Waals surface area contributed by atoms with E-state index < -0.39 is 18.1 Å². The Morgan fingerprint density at radius 2 is 0.982 bits per heavy atom. The van der Waals surface area contributed by atoms with Crippen molar-refractivity contribution >= 4 is 17.9 Å². The number of hydrogen-bond donors (Lipinski definition) is 0. The molecule has 57 heavy (non-hydrogen) atoms. The van der Waals surface area contributed by atoms with Crippen LogP contribution in [0.3, 0.4) is 0 Å². The van der Waals surface area contributed by atoms with Gasteiger partial charge in [-0.25, -0.2) is 0 Å². The molecule has 0 aromatic carbocycles. The molecule has 8 heteroatoms. The number of esters is 2. The molecule has 0 aromatic heterocycles. The first-order chi connectivity index (χ1) is 27.6. The smallest absolute Gasteiger partial charge is 0.306 e. The highest BCUT2D eigenvalue weighted by Crippen LogP contribution is 2.12. The van der Waals surface area contributed by atoms with Gasteiger partial charge in [-0.1, -0.05) is 163 Å². The largest absolute Gasteiger partial charge is 0.544 e. The van der Waals surface area contributed by atoms with E-state index in [1.807, 2.05) is 48.6 Å². The van der Waals surface area contributed by atoms with Crippen LogP contribution in [0.2, 0.25) is 0 Å². The number of carbonyl (C=O) groups is 3. The third-order valence-corrected chi connectivity index (χ3v) is 9.42. The molecule has 0 aliphatic heterocycles. The SMILES string of the molecule is CC/C=C/C=C/C=C/C=C/C=C/CCCCCC(=O)OCC(COCCC(C(=O)[O-])[N+](C)(C)C)OC(=O)CCCCCCC/C=C/C=C/CCCCCCCCC. The predicted molar refractivity (Wildman–Crippen MR) is 235 cm³/mol. The van der Waals surface area contributed by atoms with Crippen molar-refractivity contribution in [3.8, 4) is 0 Å². The van der Waals surface area contributed by atoms with Gasteiger partial charge in [-0.15, -0.1) is 0 Å². The van der Waals surface area contributed by atoms with Gasteiger partial charge in [0.2, 0.25) is 0 Å². The van der Waals surface area contributed by atoms with Crippen LogP contribution < -0.4 is 5.11 Å². The summed E-state index contributed by atoms with van der Waals surface area (Å²) < 4.78 is 17.1. The highest BCUT2D eigenvalue weighted by molar-refractivity contribution is 5.70. The van der Waals surface area contributed by atoms with Crippen LogP contribution in [0.25, 0.3) is 0 Å². The molecule has 0 amide bonds. The summed E-state index contributed by atoms with van der Waals surface area (Å²) in [5.41, 5.74) is 0. The zero-order valence-corrected chi connectivity index (χ0v) is 36.7. The molecule has 0 bridgehead atoms. The van der Waals surface area contributed by atoms with Crippen molar-refractivity contribution in [3.05, 3.63) is 85.1 Å². The Labute approximate surface area is 348 Å². The lowest BCUT2D eigenvalue weighted by Crippen LogP contribution is -2.55. The number of rotatable bonds is 38. The van der Waals surface area contributed by atoms with Gasteiger partial charge >= 0.3 is 11.9 Å². The molecule has 0 aliphatic rings. The number of hydrogen-bond acceptors (Lipinski definition) is 7. The van der Waals surface area contributed by atoms with E-state index in [1.165, 1.54) is 44.9 Å². The second-order valence-corrected chi connectivity index (χ2v) is 15.7. The molecule has 0 aliphatic carbocycles. The number of likely N-dealkylation sites (N-methyl/N-ethyl adjacent to an activating group) is 1. The molecule has 0 radical (unpaired) electrons. The Bertz CT molecular complexity index is 1200. The van der Waals surface area contributed by atoms with Crippen molar-refractivity contribution in [2.24, 2.45) is 0 Å². The average molecular weight is 796 g/mol. The topological polar surface area (TPSA) is 102 Å². The fourth-order valence-electron chi connectivity index (χ4n) is 5.96. The summed E-state index contributed by atoms with van der Waals surface area (Å²) >= 11 is 0. The third-order valence-electron chi connectivity index (χ3n) is 9.42.